The van der Waals surface area contributed by atoms with E-state index in [2.05, 4.69) is 5.32 Å². The maximum atomic E-state index is 13.6. The summed E-state index contributed by atoms with van der Waals surface area (Å²) in [5.74, 6) is 0.277. The monoisotopic (exact) mass is 528 g/mol. The molecule has 3 aromatic rings. The molecule has 2 fully saturated rings. The molecule has 5 rings (SSSR count). The van der Waals surface area contributed by atoms with Crippen LogP contribution in [0.25, 0.3) is 0 Å². The highest BCUT2D eigenvalue weighted by atomic mass is 32.1. The summed E-state index contributed by atoms with van der Waals surface area (Å²) >= 11 is 5.77. The van der Waals surface area contributed by atoms with Crippen molar-refractivity contribution in [2.24, 2.45) is 0 Å². The molecule has 8 nitrogen and oxygen atoms in total. The minimum absolute atomic E-state index is 0.0608. The number of nitrogens with one attached hydrogen (secondary N) is 1. The second-order valence-corrected chi connectivity index (χ2v) is 9.60. The molecular weight excluding hydrogens is 500 g/mol. The molecule has 1 atom stereocenters. The van der Waals surface area contributed by atoms with Crippen LogP contribution < -0.4 is 19.9 Å². The van der Waals surface area contributed by atoms with Crippen molar-refractivity contribution >= 4 is 52.1 Å². The van der Waals surface area contributed by atoms with Crippen molar-refractivity contribution in [3.63, 3.8) is 0 Å². The van der Waals surface area contributed by atoms with Gasteiger partial charge < -0.3 is 19.9 Å². The molecule has 3 aromatic carbocycles. The summed E-state index contributed by atoms with van der Waals surface area (Å²) in [5, 5.41) is 3.21. The van der Waals surface area contributed by atoms with E-state index in [1.54, 1.807) is 41.2 Å². The summed E-state index contributed by atoms with van der Waals surface area (Å²) in [6.07, 6.45) is 1.37. The minimum Gasteiger partial charge on any atom is -0.497 e. The Kier molecular flexibility index (Phi) is 7.37. The lowest BCUT2D eigenvalue weighted by Gasteiger charge is -2.24. The van der Waals surface area contributed by atoms with E-state index in [0.717, 1.165) is 24.2 Å². The number of rotatable bonds is 8. The van der Waals surface area contributed by atoms with Crippen LogP contribution in [0.4, 0.5) is 17.1 Å². The molecule has 0 unspecified atom stereocenters. The highest BCUT2D eigenvalue weighted by Gasteiger charge is 2.44. The first kappa shape index (κ1) is 25.4. The molecule has 38 heavy (non-hydrogen) atoms. The quantitative estimate of drug-likeness (QED) is 0.438. The van der Waals surface area contributed by atoms with Gasteiger partial charge in [0.25, 0.3) is 5.91 Å². The molecule has 0 aromatic heterocycles. The molecule has 2 heterocycles. The fourth-order valence-corrected chi connectivity index (χ4v) is 5.18. The maximum absolute atomic E-state index is 13.6. The van der Waals surface area contributed by atoms with Crippen LogP contribution in [-0.4, -0.2) is 47.4 Å². The van der Waals surface area contributed by atoms with Crippen molar-refractivity contribution in [2.75, 3.05) is 28.8 Å². The summed E-state index contributed by atoms with van der Waals surface area (Å²) in [4.78, 5) is 43.8. The lowest BCUT2D eigenvalue weighted by atomic mass is 10.1. The fraction of sp³-hybridized carbons (Fsp3) is 0.241. The molecule has 2 aliphatic rings. The number of amides is 3. The SMILES string of the molecule is COc1ccc(NC(=O)C[C@@H]2C(=O)N(c3ccccc3)C(=S)N2Cc2ccc(N3CCCC3=O)cc2)cc1. The lowest BCUT2D eigenvalue weighted by molar-refractivity contribution is -0.124. The van der Waals surface area contributed by atoms with Gasteiger partial charge in [0.05, 0.1) is 19.2 Å². The number of ether oxygens (including phenoxy) is 1. The Morgan fingerprint density at radius 1 is 0.974 bits per heavy atom. The zero-order valence-electron chi connectivity index (χ0n) is 21.0. The first-order valence-corrected chi connectivity index (χ1v) is 12.9. The summed E-state index contributed by atoms with van der Waals surface area (Å²) in [6, 6.07) is 23.2. The zero-order valence-corrected chi connectivity index (χ0v) is 21.8. The predicted molar refractivity (Wildman–Crippen MR) is 150 cm³/mol. The van der Waals surface area contributed by atoms with E-state index in [0.29, 0.717) is 35.2 Å². The first-order valence-electron chi connectivity index (χ1n) is 12.5. The topological polar surface area (TPSA) is 82.2 Å². The number of methoxy groups -OCH3 is 1. The third kappa shape index (κ3) is 5.24. The molecule has 3 amide bonds. The highest BCUT2D eigenvalue weighted by Crippen LogP contribution is 2.30. The number of carbonyl (C=O) groups excluding carboxylic acids is 3. The molecular formula is C29H28N4O4S. The molecule has 2 saturated heterocycles. The van der Waals surface area contributed by atoms with Gasteiger partial charge in [-0.15, -0.1) is 0 Å². The first-order chi connectivity index (χ1) is 18.4. The van der Waals surface area contributed by atoms with Crippen LogP contribution in [0.5, 0.6) is 5.75 Å². The van der Waals surface area contributed by atoms with Gasteiger partial charge in [-0.05, 0) is 72.7 Å². The van der Waals surface area contributed by atoms with E-state index in [1.807, 2.05) is 54.6 Å². The molecule has 194 valence electrons. The summed E-state index contributed by atoms with van der Waals surface area (Å²) in [7, 11) is 1.58. The highest BCUT2D eigenvalue weighted by molar-refractivity contribution is 7.80. The van der Waals surface area contributed by atoms with Crippen molar-refractivity contribution in [1.29, 1.82) is 0 Å². The van der Waals surface area contributed by atoms with Crippen LogP contribution in [0.2, 0.25) is 0 Å². The summed E-state index contributed by atoms with van der Waals surface area (Å²) in [6.45, 7) is 1.07. The van der Waals surface area contributed by atoms with E-state index in [4.69, 9.17) is 17.0 Å². The van der Waals surface area contributed by atoms with Gasteiger partial charge in [-0.25, -0.2) is 0 Å². The number of benzene rings is 3. The molecule has 0 spiro atoms. The molecule has 0 radical (unpaired) electrons. The predicted octanol–water partition coefficient (Wildman–Crippen LogP) is 4.35. The van der Waals surface area contributed by atoms with Gasteiger partial charge in [0.2, 0.25) is 11.8 Å². The number of hydrogen-bond donors (Lipinski definition) is 1. The Bertz CT molecular complexity index is 1350. The van der Waals surface area contributed by atoms with Crippen molar-refractivity contribution in [1.82, 2.24) is 4.90 Å². The average molecular weight is 529 g/mol. The van der Waals surface area contributed by atoms with Gasteiger partial charge >= 0.3 is 0 Å². The molecule has 9 heteroatoms. The van der Waals surface area contributed by atoms with Crippen LogP contribution in [0.15, 0.2) is 78.9 Å². The Morgan fingerprint density at radius 2 is 1.68 bits per heavy atom. The van der Waals surface area contributed by atoms with E-state index in [9.17, 15) is 14.4 Å². The van der Waals surface area contributed by atoms with Crippen LogP contribution in [0.3, 0.4) is 0 Å². The number of anilines is 3. The van der Waals surface area contributed by atoms with Crippen LogP contribution in [0.1, 0.15) is 24.8 Å². The zero-order chi connectivity index (χ0) is 26.6. The van der Waals surface area contributed by atoms with Gasteiger partial charge in [0.15, 0.2) is 5.11 Å². The molecule has 0 saturated carbocycles. The Labute approximate surface area is 226 Å². The van der Waals surface area contributed by atoms with E-state index >= 15 is 0 Å². The van der Waals surface area contributed by atoms with Crippen molar-refractivity contribution in [2.45, 2.75) is 31.8 Å². The Hall–Kier alpha value is -4.24. The van der Waals surface area contributed by atoms with Crippen molar-refractivity contribution in [3.8, 4) is 5.75 Å². The van der Waals surface area contributed by atoms with Gasteiger partial charge in [-0.3, -0.25) is 19.3 Å². The maximum Gasteiger partial charge on any atom is 0.256 e. The molecule has 2 aliphatic heterocycles. The third-order valence-electron chi connectivity index (χ3n) is 6.76. The molecule has 1 N–H and O–H groups in total. The van der Waals surface area contributed by atoms with Crippen molar-refractivity contribution in [3.05, 3.63) is 84.4 Å². The van der Waals surface area contributed by atoms with Crippen LogP contribution in [0, 0.1) is 0 Å². The van der Waals surface area contributed by atoms with Gasteiger partial charge in [0.1, 0.15) is 11.8 Å². The second kappa shape index (κ2) is 11.0. The molecule has 0 bridgehead atoms. The van der Waals surface area contributed by atoms with E-state index < -0.39 is 6.04 Å². The average Bonchev–Trinajstić information content (AvgIpc) is 3.46. The van der Waals surface area contributed by atoms with Crippen molar-refractivity contribution < 1.29 is 19.1 Å². The van der Waals surface area contributed by atoms with E-state index in [1.165, 1.54) is 4.90 Å². The number of carbonyl (C=O) groups is 3. The normalized spacial score (nSPS) is 17.3. The van der Waals surface area contributed by atoms with Gasteiger partial charge in [-0.2, -0.15) is 0 Å². The summed E-state index contributed by atoms with van der Waals surface area (Å²) in [5.41, 5.74) is 3.06. The number of hydrogen-bond acceptors (Lipinski definition) is 5. The van der Waals surface area contributed by atoms with E-state index in [-0.39, 0.29) is 24.1 Å². The largest absolute Gasteiger partial charge is 0.497 e. The third-order valence-corrected chi connectivity index (χ3v) is 7.18. The number of para-hydroxylation sites is 1. The van der Waals surface area contributed by atoms with Gasteiger partial charge in [0, 0.05) is 30.9 Å². The second-order valence-electron chi connectivity index (χ2n) is 9.23. The minimum atomic E-state index is -0.763. The smallest absolute Gasteiger partial charge is 0.256 e. The molecule has 0 aliphatic carbocycles. The fourth-order valence-electron chi connectivity index (χ4n) is 4.79. The number of nitrogens with zero attached hydrogens (tertiary/aromatic N) is 3. The van der Waals surface area contributed by atoms with Gasteiger partial charge in [-0.1, -0.05) is 30.3 Å². The van der Waals surface area contributed by atoms with Crippen LogP contribution in [-0.2, 0) is 20.9 Å². The Morgan fingerprint density at radius 3 is 2.32 bits per heavy atom. The summed E-state index contributed by atoms with van der Waals surface area (Å²) < 4.78 is 5.17. The van der Waals surface area contributed by atoms with Crippen LogP contribution >= 0.6 is 12.2 Å². The number of thiocarbonyl (C=S) groups is 1. The Balaban J connectivity index is 1.36. The standard InChI is InChI=1S/C29H28N4O4S/c1-37-24-15-11-21(12-16-24)30-26(34)18-25-28(36)33(23-6-3-2-4-7-23)29(38)32(25)19-20-9-13-22(14-10-20)31-17-5-8-27(31)35/h2-4,6-7,9-16,25H,5,8,17-19H2,1H3,(H,30,34)/t25-/m1/s1. The lowest BCUT2D eigenvalue weighted by Crippen LogP contribution is -2.37.